The molecule has 204 valence electrons. The molecule has 1 fully saturated rings. The first-order chi connectivity index (χ1) is 19.5. The zero-order valence-electron chi connectivity index (χ0n) is 22.0. The minimum absolute atomic E-state index is 0.122. The first-order valence-corrected chi connectivity index (χ1v) is 13.1. The highest BCUT2D eigenvalue weighted by atomic mass is 19.1. The highest BCUT2D eigenvalue weighted by molar-refractivity contribution is 5.94. The van der Waals surface area contributed by atoms with Gasteiger partial charge >= 0.3 is 0 Å². The number of hydrogen-bond donors (Lipinski definition) is 1. The van der Waals surface area contributed by atoms with E-state index in [4.69, 9.17) is 4.74 Å². The monoisotopic (exact) mass is 541 g/mol. The number of pyridine rings is 2. The smallest absolute Gasteiger partial charge is 0.269 e. The van der Waals surface area contributed by atoms with E-state index in [1.54, 1.807) is 42.5 Å². The van der Waals surface area contributed by atoms with Crippen LogP contribution in [0.2, 0.25) is 0 Å². The third-order valence-electron chi connectivity index (χ3n) is 7.49. The molecule has 0 bridgehead atoms. The number of rotatable bonds is 6. The Balaban J connectivity index is 1.14. The fourth-order valence-corrected chi connectivity index (χ4v) is 5.30. The fourth-order valence-electron chi connectivity index (χ4n) is 5.30. The number of anilines is 2. The Bertz CT molecular complexity index is 1590. The van der Waals surface area contributed by atoms with Crippen LogP contribution in [0.5, 0.6) is 5.75 Å². The molecule has 2 aliphatic rings. The van der Waals surface area contributed by atoms with Crippen LogP contribution in [0.15, 0.2) is 72.0 Å². The summed E-state index contributed by atoms with van der Waals surface area (Å²) >= 11 is 0. The Kier molecular flexibility index (Phi) is 6.85. The van der Waals surface area contributed by atoms with Crippen LogP contribution in [-0.4, -0.2) is 63.8 Å². The Morgan fingerprint density at radius 3 is 2.70 bits per heavy atom. The van der Waals surface area contributed by atoms with Crippen molar-refractivity contribution in [2.75, 3.05) is 42.6 Å². The van der Waals surface area contributed by atoms with Gasteiger partial charge in [0.05, 0.1) is 35.9 Å². The maximum atomic E-state index is 13.3. The number of amides is 1. The molecule has 10 nitrogen and oxygen atoms in total. The minimum atomic E-state index is -0.376. The molecule has 1 amide bonds. The lowest BCUT2D eigenvalue weighted by Gasteiger charge is -2.35. The molecule has 0 unspecified atom stereocenters. The van der Waals surface area contributed by atoms with Gasteiger partial charge in [0.25, 0.3) is 11.5 Å². The average Bonchev–Trinajstić information content (AvgIpc) is 3.36. The lowest BCUT2D eigenvalue weighted by atomic mass is 10.1. The number of halogens is 1. The van der Waals surface area contributed by atoms with Crippen molar-refractivity contribution in [3.8, 4) is 5.75 Å². The number of hydrogen-bond acceptors (Lipinski definition) is 8. The molecule has 11 heteroatoms. The molecule has 1 N–H and O–H groups in total. The quantitative estimate of drug-likeness (QED) is 0.397. The van der Waals surface area contributed by atoms with Gasteiger partial charge in [-0.05, 0) is 36.2 Å². The van der Waals surface area contributed by atoms with E-state index in [2.05, 4.69) is 37.2 Å². The van der Waals surface area contributed by atoms with Gasteiger partial charge in [-0.2, -0.15) is 5.10 Å². The number of benzene rings is 1. The van der Waals surface area contributed by atoms with E-state index >= 15 is 0 Å². The minimum Gasteiger partial charge on any atom is -0.489 e. The van der Waals surface area contributed by atoms with Crippen molar-refractivity contribution in [3.63, 3.8) is 0 Å². The number of fused-ring (bicyclic) bond motifs is 1. The lowest BCUT2D eigenvalue weighted by Crippen LogP contribution is -2.49. The molecule has 6 rings (SSSR count). The molecule has 0 radical (unpaired) electrons. The van der Waals surface area contributed by atoms with Crippen molar-refractivity contribution < 1.29 is 13.9 Å². The van der Waals surface area contributed by atoms with E-state index in [1.165, 1.54) is 12.3 Å². The summed E-state index contributed by atoms with van der Waals surface area (Å²) in [6.45, 7) is 4.94. The number of nitrogens with zero attached hydrogens (tertiary/aromatic N) is 6. The second-order valence-corrected chi connectivity index (χ2v) is 9.89. The zero-order chi connectivity index (χ0) is 27.6. The number of ether oxygens (including phenoxy) is 1. The van der Waals surface area contributed by atoms with Crippen molar-refractivity contribution in [1.82, 2.24) is 25.1 Å². The van der Waals surface area contributed by atoms with E-state index in [-0.39, 0.29) is 23.3 Å². The molecule has 1 atom stereocenters. The Labute approximate surface area is 230 Å². The van der Waals surface area contributed by atoms with Gasteiger partial charge < -0.3 is 19.4 Å². The molecule has 2 aliphatic heterocycles. The lowest BCUT2D eigenvalue weighted by molar-refractivity contribution is 0.0745. The standard InChI is InChI=1S/C29H28FN7O3/c1-19-25(16-33-34-28(19)38)37-17-20-4-2-3-5-24(20)26(37)18-40-23-12-21(13-31-15-23)29(39)36-10-8-35(9-11-36)27-7-6-22(30)14-32-27/h2-7,12-16,26H,8-11,17-18H2,1H3,(H,34,38)/t26-/m0/s1. The molecule has 1 saturated heterocycles. The number of aromatic nitrogens is 4. The largest absolute Gasteiger partial charge is 0.489 e. The van der Waals surface area contributed by atoms with Crippen molar-refractivity contribution in [2.24, 2.45) is 0 Å². The summed E-state index contributed by atoms with van der Waals surface area (Å²) in [7, 11) is 0. The van der Waals surface area contributed by atoms with Crippen LogP contribution in [0.25, 0.3) is 0 Å². The predicted octanol–water partition coefficient (Wildman–Crippen LogP) is 3.11. The predicted molar refractivity (Wildman–Crippen MR) is 147 cm³/mol. The zero-order valence-corrected chi connectivity index (χ0v) is 22.0. The number of nitrogens with one attached hydrogen (secondary N) is 1. The van der Waals surface area contributed by atoms with Crippen LogP contribution in [0, 0.1) is 12.7 Å². The van der Waals surface area contributed by atoms with Gasteiger partial charge in [-0.15, -0.1) is 0 Å². The van der Waals surface area contributed by atoms with Crippen molar-refractivity contribution in [3.05, 3.63) is 106 Å². The van der Waals surface area contributed by atoms with Gasteiger partial charge in [0.2, 0.25) is 0 Å². The molecule has 0 aliphatic carbocycles. The normalized spacial score (nSPS) is 16.6. The van der Waals surface area contributed by atoms with Crippen molar-refractivity contribution in [1.29, 1.82) is 0 Å². The van der Waals surface area contributed by atoms with Crippen LogP contribution >= 0.6 is 0 Å². The van der Waals surface area contributed by atoms with Gasteiger partial charge in [-0.1, -0.05) is 24.3 Å². The van der Waals surface area contributed by atoms with Gasteiger partial charge in [-0.25, -0.2) is 14.5 Å². The summed E-state index contributed by atoms with van der Waals surface area (Å²) in [4.78, 5) is 39.9. The second kappa shape index (κ2) is 10.8. The number of carbonyl (C=O) groups excluding carboxylic acids is 1. The molecule has 1 aromatic carbocycles. The fraction of sp³-hybridized carbons (Fsp3) is 0.276. The SMILES string of the molecule is Cc1c(N2Cc3ccccc3[C@@H]2COc2cncc(C(=O)N3CCN(c4ccc(F)cn4)CC3)c2)cn[nH]c1=O. The third kappa shape index (κ3) is 4.97. The van der Waals surface area contributed by atoms with Crippen LogP contribution in [0.3, 0.4) is 0 Å². The van der Waals surface area contributed by atoms with E-state index in [0.717, 1.165) is 16.8 Å². The van der Waals surface area contributed by atoms with E-state index < -0.39 is 0 Å². The number of aromatic amines is 1. The maximum absolute atomic E-state index is 13.3. The van der Waals surface area contributed by atoms with Crippen molar-refractivity contribution >= 4 is 17.4 Å². The number of carbonyl (C=O) groups is 1. The van der Waals surface area contributed by atoms with Gasteiger partial charge in [-0.3, -0.25) is 14.6 Å². The molecule has 4 aromatic rings. The third-order valence-corrected chi connectivity index (χ3v) is 7.49. The first-order valence-electron chi connectivity index (χ1n) is 13.1. The Morgan fingerprint density at radius 2 is 1.90 bits per heavy atom. The highest BCUT2D eigenvalue weighted by Gasteiger charge is 2.32. The molecular formula is C29H28FN7O3. The Morgan fingerprint density at radius 1 is 1.07 bits per heavy atom. The highest BCUT2D eigenvalue weighted by Crippen LogP contribution is 2.38. The summed E-state index contributed by atoms with van der Waals surface area (Å²) in [6, 6.07) is 12.7. The molecule has 3 aromatic heterocycles. The molecule has 5 heterocycles. The van der Waals surface area contributed by atoms with E-state index in [9.17, 15) is 14.0 Å². The average molecular weight is 542 g/mol. The van der Waals surface area contributed by atoms with Gasteiger partial charge in [0, 0.05) is 44.5 Å². The molecule has 0 saturated carbocycles. The molecular weight excluding hydrogens is 513 g/mol. The summed E-state index contributed by atoms with van der Waals surface area (Å²) < 4.78 is 19.4. The summed E-state index contributed by atoms with van der Waals surface area (Å²) in [5.41, 5.74) is 3.86. The molecule has 0 spiro atoms. The number of piperazine rings is 1. The van der Waals surface area contributed by atoms with E-state index in [1.807, 2.05) is 17.0 Å². The van der Waals surface area contributed by atoms with E-state index in [0.29, 0.717) is 62.0 Å². The summed E-state index contributed by atoms with van der Waals surface area (Å²) in [6.07, 6.45) is 6.01. The van der Waals surface area contributed by atoms with Crippen LogP contribution in [0.4, 0.5) is 15.9 Å². The first kappa shape index (κ1) is 25.5. The molecule has 40 heavy (non-hydrogen) atoms. The summed E-state index contributed by atoms with van der Waals surface area (Å²) in [5.74, 6) is 0.687. The van der Waals surface area contributed by atoms with Crippen LogP contribution < -0.4 is 20.1 Å². The Hall–Kier alpha value is -4.80. The van der Waals surface area contributed by atoms with Gasteiger partial charge in [0.1, 0.15) is 24.0 Å². The van der Waals surface area contributed by atoms with Crippen LogP contribution in [-0.2, 0) is 6.54 Å². The van der Waals surface area contributed by atoms with Gasteiger partial charge in [0.15, 0.2) is 0 Å². The van der Waals surface area contributed by atoms with Crippen LogP contribution in [0.1, 0.15) is 33.1 Å². The topological polar surface area (TPSA) is 108 Å². The van der Waals surface area contributed by atoms with Crippen molar-refractivity contribution in [2.45, 2.75) is 19.5 Å². The maximum Gasteiger partial charge on any atom is 0.269 e. The summed E-state index contributed by atoms with van der Waals surface area (Å²) in [5, 5.41) is 6.50. The number of H-pyrrole nitrogens is 1. The second-order valence-electron chi connectivity index (χ2n) is 9.89.